The van der Waals surface area contributed by atoms with E-state index in [1.165, 1.54) is 0 Å². The molecule has 0 aliphatic carbocycles. The number of ketones is 1. The summed E-state index contributed by atoms with van der Waals surface area (Å²) in [5.74, 6) is 1.76. The predicted molar refractivity (Wildman–Crippen MR) is 134 cm³/mol. The molecule has 0 aliphatic rings. The second-order valence-corrected chi connectivity index (χ2v) is 7.68. The van der Waals surface area contributed by atoms with Gasteiger partial charge in [-0.15, -0.1) is 0 Å². The molecule has 0 saturated carbocycles. The van der Waals surface area contributed by atoms with E-state index in [9.17, 15) is 4.79 Å². The monoisotopic (exact) mass is 450 g/mol. The molecule has 0 heterocycles. The lowest BCUT2D eigenvalue weighted by Crippen LogP contribution is -2.01. The van der Waals surface area contributed by atoms with E-state index in [1.807, 2.05) is 84.9 Å². The molecule has 0 amide bonds. The number of ether oxygens (including phenoxy) is 3. The summed E-state index contributed by atoms with van der Waals surface area (Å²) >= 11 is 0. The van der Waals surface area contributed by atoms with Crippen LogP contribution in [0.15, 0.2) is 109 Å². The van der Waals surface area contributed by atoms with E-state index >= 15 is 0 Å². The average Bonchev–Trinajstić information content (AvgIpc) is 2.91. The maximum atomic E-state index is 12.8. The Morgan fingerprint density at radius 1 is 0.706 bits per heavy atom. The second kappa shape index (κ2) is 11.5. The van der Waals surface area contributed by atoms with Crippen molar-refractivity contribution in [2.75, 3.05) is 7.11 Å². The second-order valence-electron chi connectivity index (χ2n) is 7.68. The highest BCUT2D eigenvalue weighted by Gasteiger charge is 2.11. The molecule has 170 valence electrons. The van der Waals surface area contributed by atoms with Gasteiger partial charge in [0.25, 0.3) is 0 Å². The molecule has 0 aromatic heterocycles. The molecule has 4 nitrogen and oxygen atoms in total. The minimum atomic E-state index is -0.143. The van der Waals surface area contributed by atoms with Crippen molar-refractivity contribution in [3.8, 4) is 17.2 Å². The van der Waals surface area contributed by atoms with E-state index in [1.54, 1.807) is 37.5 Å². The maximum Gasteiger partial charge on any atom is 0.189 e. The Kier molecular flexibility index (Phi) is 7.75. The van der Waals surface area contributed by atoms with Gasteiger partial charge in [-0.1, -0.05) is 78.9 Å². The molecule has 0 aliphatic heterocycles. The van der Waals surface area contributed by atoms with Gasteiger partial charge in [-0.05, 0) is 47.0 Å². The third-order valence-electron chi connectivity index (χ3n) is 5.24. The van der Waals surface area contributed by atoms with Crippen LogP contribution in [0.4, 0.5) is 0 Å². The summed E-state index contributed by atoms with van der Waals surface area (Å²) in [5.41, 5.74) is 3.57. The Bertz CT molecular complexity index is 1230. The van der Waals surface area contributed by atoms with E-state index in [4.69, 9.17) is 14.2 Å². The number of hydrogen-bond acceptors (Lipinski definition) is 4. The van der Waals surface area contributed by atoms with Gasteiger partial charge in [-0.25, -0.2) is 0 Å². The topological polar surface area (TPSA) is 44.8 Å². The van der Waals surface area contributed by atoms with Crippen LogP contribution >= 0.6 is 0 Å². The quantitative estimate of drug-likeness (QED) is 0.198. The lowest BCUT2D eigenvalue weighted by molar-refractivity contribution is 0.104. The molecule has 4 aromatic rings. The molecule has 0 fully saturated rings. The normalized spacial score (nSPS) is 10.7. The van der Waals surface area contributed by atoms with E-state index in [0.29, 0.717) is 30.3 Å². The van der Waals surface area contributed by atoms with Crippen LogP contribution in [-0.2, 0) is 13.2 Å². The molecule has 4 heteroatoms. The van der Waals surface area contributed by atoms with Crippen molar-refractivity contribution in [3.05, 3.63) is 131 Å². The van der Waals surface area contributed by atoms with Gasteiger partial charge in [-0.3, -0.25) is 4.79 Å². The van der Waals surface area contributed by atoms with E-state index in [2.05, 4.69) is 0 Å². The van der Waals surface area contributed by atoms with Crippen LogP contribution in [0.2, 0.25) is 0 Å². The molecule has 34 heavy (non-hydrogen) atoms. The number of methoxy groups -OCH3 is 1. The fourth-order valence-corrected chi connectivity index (χ4v) is 3.38. The maximum absolute atomic E-state index is 12.8. The van der Waals surface area contributed by atoms with Crippen molar-refractivity contribution in [2.24, 2.45) is 0 Å². The first-order valence-corrected chi connectivity index (χ1v) is 11.1. The highest BCUT2D eigenvalue weighted by atomic mass is 16.5. The van der Waals surface area contributed by atoms with Crippen LogP contribution < -0.4 is 14.2 Å². The number of allylic oxidation sites excluding steroid dienone is 1. The van der Waals surface area contributed by atoms with Crippen molar-refractivity contribution < 1.29 is 19.0 Å². The van der Waals surface area contributed by atoms with Crippen LogP contribution in [0, 0.1) is 0 Å². The summed E-state index contributed by atoms with van der Waals surface area (Å²) in [6.07, 6.45) is 3.32. The zero-order chi connectivity index (χ0) is 23.6. The Morgan fingerprint density at radius 3 is 1.85 bits per heavy atom. The first-order valence-electron chi connectivity index (χ1n) is 11.1. The van der Waals surface area contributed by atoms with Gasteiger partial charge in [0.1, 0.15) is 30.5 Å². The Labute approximate surface area is 200 Å². The summed E-state index contributed by atoms with van der Waals surface area (Å²) in [6.45, 7) is 0.960. The van der Waals surface area contributed by atoms with Crippen molar-refractivity contribution in [1.29, 1.82) is 0 Å². The highest BCUT2D eigenvalue weighted by Crippen LogP contribution is 2.26. The van der Waals surface area contributed by atoms with Gasteiger partial charge in [0, 0.05) is 6.07 Å². The number of carbonyl (C=O) groups excluding carboxylic acids is 1. The molecule has 4 aromatic carbocycles. The molecule has 0 radical (unpaired) electrons. The zero-order valence-electron chi connectivity index (χ0n) is 19.0. The lowest BCUT2D eigenvalue weighted by Gasteiger charge is -2.10. The van der Waals surface area contributed by atoms with Gasteiger partial charge >= 0.3 is 0 Å². The average molecular weight is 451 g/mol. The molecule has 0 atom stereocenters. The third kappa shape index (κ3) is 6.36. The SMILES string of the molecule is COc1cc(OCc2ccccc2)ccc1C(=O)/C=C\c1ccc(OCc2ccccc2)cc1. The minimum absolute atomic E-state index is 0.143. The molecule has 0 N–H and O–H groups in total. The molecule has 0 bridgehead atoms. The van der Waals surface area contributed by atoms with Crippen molar-refractivity contribution in [2.45, 2.75) is 13.2 Å². The summed E-state index contributed by atoms with van der Waals surface area (Å²) < 4.78 is 17.1. The Hall–Kier alpha value is -4.31. The Balaban J connectivity index is 1.36. The molecule has 4 rings (SSSR count). The van der Waals surface area contributed by atoms with Crippen LogP contribution in [-0.4, -0.2) is 12.9 Å². The van der Waals surface area contributed by atoms with E-state index in [0.717, 1.165) is 22.4 Å². The summed E-state index contributed by atoms with van der Waals surface area (Å²) in [5, 5.41) is 0. The Morgan fingerprint density at radius 2 is 1.26 bits per heavy atom. The van der Waals surface area contributed by atoms with Gasteiger partial charge in [0.15, 0.2) is 5.78 Å². The highest BCUT2D eigenvalue weighted by molar-refractivity contribution is 6.08. The minimum Gasteiger partial charge on any atom is -0.496 e. The molecule has 0 saturated heterocycles. The number of rotatable bonds is 10. The van der Waals surface area contributed by atoms with Crippen LogP contribution in [0.1, 0.15) is 27.0 Å². The fraction of sp³-hybridized carbons (Fsp3) is 0.100. The van der Waals surface area contributed by atoms with Crippen LogP contribution in [0.5, 0.6) is 17.2 Å². The zero-order valence-corrected chi connectivity index (χ0v) is 19.0. The van der Waals surface area contributed by atoms with Gasteiger partial charge in [-0.2, -0.15) is 0 Å². The largest absolute Gasteiger partial charge is 0.496 e. The summed E-state index contributed by atoms with van der Waals surface area (Å²) in [6, 6.07) is 32.8. The van der Waals surface area contributed by atoms with Crippen LogP contribution in [0.25, 0.3) is 6.08 Å². The number of hydrogen-bond donors (Lipinski definition) is 0. The molecule has 0 unspecified atom stereocenters. The van der Waals surface area contributed by atoms with Crippen molar-refractivity contribution >= 4 is 11.9 Å². The van der Waals surface area contributed by atoms with Gasteiger partial charge < -0.3 is 14.2 Å². The van der Waals surface area contributed by atoms with Gasteiger partial charge in [0.05, 0.1) is 12.7 Å². The van der Waals surface area contributed by atoms with Crippen molar-refractivity contribution in [3.63, 3.8) is 0 Å². The predicted octanol–water partition coefficient (Wildman–Crippen LogP) is 6.75. The third-order valence-corrected chi connectivity index (χ3v) is 5.24. The van der Waals surface area contributed by atoms with Gasteiger partial charge in [0.2, 0.25) is 0 Å². The molecular weight excluding hydrogens is 424 g/mol. The van der Waals surface area contributed by atoms with Crippen molar-refractivity contribution in [1.82, 2.24) is 0 Å². The molecular formula is C30H26O4. The number of benzene rings is 4. The summed E-state index contributed by atoms with van der Waals surface area (Å²) in [4.78, 5) is 12.8. The summed E-state index contributed by atoms with van der Waals surface area (Å²) in [7, 11) is 1.55. The standard InChI is InChI=1S/C30H26O4/c1-32-30-20-27(34-22-25-10-6-3-7-11-25)17-18-28(30)29(31)19-14-23-12-15-26(16-13-23)33-21-24-8-4-2-5-9-24/h2-20H,21-22H2,1H3/b19-14-. The smallest absolute Gasteiger partial charge is 0.189 e. The van der Waals surface area contributed by atoms with E-state index in [-0.39, 0.29) is 5.78 Å². The first-order chi connectivity index (χ1) is 16.7. The van der Waals surface area contributed by atoms with Crippen LogP contribution in [0.3, 0.4) is 0 Å². The lowest BCUT2D eigenvalue weighted by atomic mass is 10.1. The molecule has 0 spiro atoms. The fourth-order valence-electron chi connectivity index (χ4n) is 3.38. The number of carbonyl (C=O) groups is 1. The first kappa shape index (κ1) is 22.9. The van der Waals surface area contributed by atoms with E-state index < -0.39 is 0 Å².